The summed E-state index contributed by atoms with van der Waals surface area (Å²) in [6.07, 6.45) is 10.5. The van der Waals surface area contributed by atoms with Gasteiger partial charge >= 0.3 is 0 Å². The van der Waals surface area contributed by atoms with Crippen LogP contribution in [0.25, 0.3) is 0 Å². The Hall–Kier alpha value is -0.160. The van der Waals surface area contributed by atoms with Crippen LogP contribution in [0.15, 0.2) is 0 Å². The minimum absolute atomic E-state index is 0.0626. The molecular weight excluding hydrogens is 266 g/mol. The first-order chi connectivity index (χ1) is 10.3. The summed E-state index contributed by atoms with van der Waals surface area (Å²) in [5.41, 5.74) is 0.201. The number of ether oxygens (including phenoxy) is 2. The lowest BCUT2D eigenvalue weighted by molar-refractivity contribution is -0.141. The highest BCUT2D eigenvalue weighted by Crippen LogP contribution is 2.37. The van der Waals surface area contributed by atoms with Gasteiger partial charge in [-0.2, -0.15) is 0 Å². The Kier molecular flexibility index (Phi) is 5.20. The van der Waals surface area contributed by atoms with E-state index in [4.69, 9.17) is 9.47 Å². The Bertz CT molecular complexity index is 316. The van der Waals surface area contributed by atoms with Gasteiger partial charge in [0, 0.05) is 44.4 Å². The van der Waals surface area contributed by atoms with Crippen LogP contribution in [0.2, 0.25) is 0 Å². The molecule has 1 atom stereocenters. The molecule has 4 nitrogen and oxygen atoms in total. The van der Waals surface area contributed by atoms with E-state index in [2.05, 4.69) is 5.32 Å². The Balaban J connectivity index is 1.52. The average molecular weight is 297 g/mol. The molecule has 1 unspecified atom stereocenters. The van der Waals surface area contributed by atoms with E-state index in [0.717, 1.165) is 52.0 Å². The van der Waals surface area contributed by atoms with Gasteiger partial charge in [-0.1, -0.05) is 19.3 Å². The lowest BCUT2D eigenvalue weighted by Gasteiger charge is -2.45. The number of aliphatic hydroxyl groups excluding tert-OH is 1. The summed E-state index contributed by atoms with van der Waals surface area (Å²) < 4.78 is 11.6. The zero-order chi connectivity index (χ0) is 14.6. The Morgan fingerprint density at radius 2 is 1.76 bits per heavy atom. The lowest BCUT2D eigenvalue weighted by Crippen LogP contribution is -2.52. The van der Waals surface area contributed by atoms with Crippen molar-refractivity contribution in [1.82, 2.24) is 5.32 Å². The van der Waals surface area contributed by atoms with Gasteiger partial charge in [-0.25, -0.2) is 0 Å². The van der Waals surface area contributed by atoms with Crippen LogP contribution >= 0.6 is 0 Å². The molecule has 0 aromatic rings. The quantitative estimate of drug-likeness (QED) is 0.835. The van der Waals surface area contributed by atoms with Gasteiger partial charge in [-0.15, -0.1) is 0 Å². The number of nitrogens with one attached hydrogen (secondary N) is 1. The SMILES string of the molecule is OCC1(CNC2CCOC3(CCOCC3)C2)CCCCC1. The average Bonchev–Trinajstić information content (AvgIpc) is 2.55. The molecule has 3 fully saturated rings. The van der Waals surface area contributed by atoms with Gasteiger partial charge in [0.25, 0.3) is 0 Å². The van der Waals surface area contributed by atoms with Crippen molar-refractivity contribution in [3.05, 3.63) is 0 Å². The second-order valence-electron chi connectivity index (χ2n) is 7.43. The molecule has 0 bridgehead atoms. The normalized spacial score (nSPS) is 32.1. The predicted octanol–water partition coefficient (Wildman–Crippen LogP) is 2.25. The second kappa shape index (κ2) is 6.95. The summed E-state index contributed by atoms with van der Waals surface area (Å²) >= 11 is 0. The third-order valence-electron chi connectivity index (χ3n) is 5.91. The van der Waals surface area contributed by atoms with Crippen LogP contribution in [0.3, 0.4) is 0 Å². The lowest BCUT2D eigenvalue weighted by atomic mass is 9.74. The monoisotopic (exact) mass is 297 g/mol. The van der Waals surface area contributed by atoms with Gasteiger partial charge in [-0.05, 0) is 38.5 Å². The molecule has 3 aliphatic rings. The molecule has 0 amide bonds. The third kappa shape index (κ3) is 3.79. The van der Waals surface area contributed by atoms with Gasteiger partial charge < -0.3 is 19.9 Å². The highest BCUT2D eigenvalue weighted by molar-refractivity contribution is 4.93. The standard InChI is InChI=1S/C17H31NO3/c19-14-16(5-2-1-3-6-16)13-18-15-4-9-21-17(12-15)7-10-20-11-8-17/h15,18-19H,1-14H2. The fourth-order valence-electron chi connectivity index (χ4n) is 4.35. The van der Waals surface area contributed by atoms with Crippen molar-refractivity contribution in [3.63, 3.8) is 0 Å². The molecule has 0 radical (unpaired) electrons. The topological polar surface area (TPSA) is 50.7 Å². The molecule has 122 valence electrons. The van der Waals surface area contributed by atoms with E-state index in [-0.39, 0.29) is 11.0 Å². The van der Waals surface area contributed by atoms with Crippen molar-refractivity contribution < 1.29 is 14.6 Å². The number of hydrogen-bond acceptors (Lipinski definition) is 4. The van der Waals surface area contributed by atoms with Crippen molar-refractivity contribution in [1.29, 1.82) is 0 Å². The van der Waals surface area contributed by atoms with E-state index >= 15 is 0 Å². The largest absolute Gasteiger partial charge is 0.396 e. The zero-order valence-corrected chi connectivity index (χ0v) is 13.2. The molecule has 1 saturated carbocycles. The number of rotatable bonds is 4. The summed E-state index contributed by atoms with van der Waals surface area (Å²) in [5, 5.41) is 13.6. The minimum atomic E-state index is 0.0626. The molecule has 0 aromatic carbocycles. The fourth-order valence-corrected chi connectivity index (χ4v) is 4.35. The van der Waals surface area contributed by atoms with E-state index < -0.39 is 0 Å². The van der Waals surface area contributed by atoms with Gasteiger partial charge in [0.2, 0.25) is 0 Å². The minimum Gasteiger partial charge on any atom is -0.396 e. The van der Waals surface area contributed by atoms with E-state index in [1.165, 1.54) is 32.1 Å². The van der Waals surface area contributed by atoms with Crippen LogP contribution in [0.4, 0.5) is 0 Å². The van der Waals surface area contributed by atoms with Crippen LogP contribution in [0.1, 0.15) is 57.8 Å². The van der Waals surface area contributed by atoms with Crippen molar-refractivity contribution >= 4 is 0 Å². The second-order valence-corrected chi connectivity index (χ2v) is 7.43. The highest BCUT2D eigenvalue weighted by Gasteiger charge is 2.40. The van der Waals surface area contributed by atoms with Crippen LogP contribution in [0.5, 0.6) is 0 Å². The molecule has 2 aliphatic heterocycles. The summed E-state index contributed by atoms with van der Waals surface area (Å²) in [5.74, 6) is 0. The maximum atomic E-state index is 9.83. The van der Waals surface area contributed by atoms with Crippen LogP contribution in [-0.2, 0) is 9.47 Å². The Labute approximate surface area is 128 Å². The molecule has 4 heteroatoms. The number of hydrogen-bond donors (Lipinski definition) is 2. The van der Waals surface area contributed by atoms with E-state index in [9.17, 15) is 5.11 Å². The molecule has 2 N–H and O–H groups in total. The van der Waals surface area contributed by atoms with Crippen molar-refractivity contribution in [2.45, 2.75) is 69.4 Å². The Morgan fingerprint density at radius 1 is 1.00 bits per heavy atom. The van der Waals surface area contributed by atoms with Gasteiger partial charge in [-0.3, -0.25) is 0 Å². The van der Waals surface area contributed by atoms with Crippen LogP contribution < -0.4 is 5.32 Å². The molecule has 2 saturated heterocycles. The summed E-state index contributed by atoms with van der Waals surface area (Å²) in [4.78, 5) is 0. The molecular formula is C17H31NO3. The molecule has 3 rings (SSSR count). The van der Waals surface area contributed by atoms with Crippen LogP contribution in [-0.4, -0.2) is 49.7 Å². The number of aliphatic hydroxyl groups is 1. The van der Waals surface area contributed by atoms with E-state index in [1.807, 2.05) is 0 Å². The maximum Gasteiger partial charge on any atom is 0.0741 e. The van der Waals surface area contributed by atoms with E-state index in [0.29, 0.717) is 12.6 Å². The third-order valence-corrected chi connectivity index (χ3v) is 5.91. The fraction of sp³-hybridized carbons (Fsp3) is 1.00. The Morgan fingerprint density at radius 3 is 2.48 bits per heavy atom. The first kappa shape index (κ1) is 15.7. The van der Waals surface area contributed by atoms with E-state index in [1.54, 1.807) is 0 Å². The summed E-state index contributed by atoms with van der Waals surface area (Å²) in [7, 11) is 0. The van der Waals surface area contributed by atoms with Crippen LogP contribution in [0, 0.1) is 5.41 Å². The predicted molar refractivity (Wildman–Crippen MR) is 82.4 cm³/mol. The van der Waals surface area contributed by atoms with Gasteiger partial charge in [0.05, 0.1) is 5.60 Å². The molecule has 1 spiro atoms. The van der Waals surface area contributed by atoms with Gasteiger partial charge in [0.15, 0.2) is 0 Å². The first-order valence-electron chi connectivity index (χ1n) is 8.82. The summed E-state index contributed by atoms with van der Waals surface area (Å²) in [6.45, 7) is 3.85. The van der Waals surface area contributed by atoms with Crippen molar-refractivity contribution in [2.75, 3.05) is 33.0 Å². The zero-order valence-electron chi connectivity index (χ0n) is 13.2. The highest BCUT2D eigenvalue weighted by atomic mass is 16.5. The maximum absolute atomic E-state index is 9.83. The van der Waals surface area contributed by atoms with Crippen molar-refractivity contribution in [3.8, 4) is 0 Å². The molecule has 21 heavy (non-hydrogen) atoms. The van der Waals surface area contributed by atoms with Gasteiger partial charge in [0.1, 0.15) is 0 Å². The molecule has 0 aromatic heterocycles. The first-order valence-corrected chi connectivity index (χ1v) is 8.82. The smallest absolute Gasteiger partial charge is 0.0741 e. The molecule has 1 aliphatic carbocycles. The summed E-state index contributed by atoms with van der Waals surface area (Å²) in [6, 6.07) is 0.544. The molecule has 2 heterocycles. The van der Waals surface area contributed by atoms with Crippen molar-refractivity contribution in [2.24, 2.45) is 5.41 Å².